The molecule has 12 N–H and O–H groups in total. The Kier molecular flexibility index (Phi) is 14.3. The number of hydrogen-bond acceptors (Lipinski definition) is 19. The van der Waals surface area contributed by atoms with Crippen LogP contribution in [0.5, 0.6) is 0 Å². The van der Waals surface area contributed by atoms with Crippen molar-refractivity contribution in [2.75, 3.05) is 19.8 Å². The maximum atomic E-state index is 15.0. The molecule has 3 saturated heterocycles. The van der Waals surface area contributed by atoms with Crippen LogP contribution in [-0.4, -0.2) is 191 Å². The van der Waals surface area contributed by atoms with Crippen molar-refractivity contribution in [3.8, 4) is 0 Å². The average molecular weight is 973 g/mol. The highest BCUT2D eigenvalue weighted by atomic mass is 16.7. The van der Waals surface area contributed by atoms with Gasteiger partial charge in [-0.1, -0.05) is 46.3 Å². The molecule has 24 atom stereocenters. The van der Waals surface area contributed by atoms with Crippen molar-refractivity contribution in [2.24, 2.45) is 50.2 Å². The number of aliphatic carboxylic acids is 1. The average Bonchev–Trinajstić information content (AvgIpc) is 3.29. The molecule has 0 radical (unpaired) electrons. The van der Waals surface area contributed by atoms with Crippen molar-refractivity contribution >= 4 is 11.9 Å². The van der Waals surface area contributed by atoms with Gasteiger partial charge in [-0.2, -0.15) is 0 Å². The number of carboxylic acids is 1. The number of carbonyl (C=O) groups excluding carboxylic acids is 1. The van der Waals surface area contributed by atoms with Crippen LogP contribution in [0.2, 0.25) is 0 Å². The summed E-state index contributed by atoms with van der Waals surface area (Å²) in [7, 11) is 0. The highest BCUT2D eigenvalue weighted by Crippen LogP contribution is 2.76. The lowest BCUT2D eigenvalue weighted by Gasteiger charge is -2.71. The van der Waals surface area contributed by atoms with E-state index in [2.05, 4.69) is 40.7 Å². The van der Waals surface area contributed by atoms with E-state index >= 15 is 0 Å². The van der Waals surface area contributed by atoms with E-state index < -0.39 is 152 Å². The number of aliphatic hydroxyl groups is 11. The molecule has 8 rings (SSSR count). The summed E-state index contributed by atoms with van der Waals surface area (Å²) < 4.78 is 35.0. The van der Waals surface area contributed by atoms with Crippen LogP contribution in [0.4, 0.5) is 0 Å². The zero-order chi connectivity index (χ0) is 49.8. The van der Waals surface area contributed by atoms with Gasteiger partial charge in [-0.15, -0.1) is 0 Å². The third kappa shape index (κ3) is 8.03. The molecular weight excluding hydrogens is 897 g/mol. The molecule has 0 aromatic rings. The Morgan fingerprint density at radius 1 is 0.632 bits per heavy atom. The molecule has 3 aliphatic heterocycles. The Bertz CT molecular complexity index is 1900. The van der Waals surface area contributed by atoms with Crippen LogP contribution in [-0.2, 0) is 38.0 Å². The van der Waals surface area contributed by atoms with Gasteiger partial charge in [0.1, 0.15) is 73.2 Å². The molecule has 0 aromatic carbocycles. The zero-order valence-corrected chi connectivity index (χ0v) is 39.9. The van der Waals surface area contributed by atoms with Gasteiger partial charge in [0.2, 0.25) is 6.29 Å². The SMILES string of the molecule is CC1(C)CC[C@]2(C(=O)O[C@@H]3O[C@H](CO[C@@H]4O[C@H](CO)[C@@H](O)[C@H](O)[C@H]4O)[C@@H](O)[C@H](O)[C@H]3O)CC[C@]3(C)C(=CC[C@@H]4[C@@]5(C)CC[C@H](O[C@@H]6O[C@H](CO)[C@@H](O)[C@H](O)[C@H]6O)[C@](C)(C(=O)O)[C@@H]5CC[C@]43C)[C@@H]2C1. The Morgan fingerprint density at radius 2 is 1.18 bits per heavy atom. The topological polar surface area (TPSA) is 332 Å². The lowest BCUT2D eigenvalue weighted by Crippen LogP contribution is -2.67. The van der Waals surface area contributed by atoms with E-state index in [1.54, 1.807) is 6.92 Å². The molecule has 0 spiro atoms. The van der Waals surface area contributed by atoms with Crippen molar-refractivity contribution in [2.45, 2.75) is 204 Å². The van der Waals surface area contributed by atoms with Gasteiger partial charge in [0.05, 0.1) is 36.8 Å². The molecule has 7 fully saturated rings. The van der Waals surface area contributed by atoms with Crippen molar-refractivity contribution in [1.29, 1.82) is 0 Å². The zero-order valence-electron chi connectivity index (χ0n) is 39.9. The molecule has 5 aliphatic carbocycles. The van der Waals surface area contributed by atoms with E-state index in [-0.39, 0.29) is 28.6 Å². The Labute approximate surface area is 396 Å². The number of ether oxygens (including phenoxy) is 6. The second-order valence-corrected chi connectivity index (χ2v) is 23.3. The minimum Gasteiger partial charge on any atom is -0.481 e. The Balaban J connectivity index is 1.03. The van der Waals surface area contributed by atoms with Gasteiger partial charge in [-0.25, -0.2) is 0 Å². The van der Waals surface area contributed by atoms with Crippen LogP contribution >= 0.6 is 0 Å². The maximum Gasteiger partial charge on any atom is 0.315 e. The molecule has 68 heavy (non-hydrogen) atoms. The van der Waals surface area contributed by atoms with Gasteiger partial charge < -0.3 is 89.7 Å². The summed E-state index contributed by atoms with van der Waals surface area (Å²) in [6.07, 6.45) is -17.2. The fraction of sp³-hybridized carbons (Fsp3) is 0.917. The second kappa shape index (κ2) is 18.5. The first kappa shape index (κ1) is 52.4. The first-order chi connectivity index (χ1) is 31.8. The van der Waals surface area contributed by atoms with Gasteiger partial charge in [0, 0.05) is 0 Å². The smallest absolute Gasteiger partial charge is 0.315 e. The number of aliphatic hydroxyl groups excluding tert-OH is 11. The molecule has 3 heterocycles. The van der Waals surface area contributed by atoms with Gasteiger partial charge >= 0.3 is 11.9 Å². The van der Waals surface area contributed by atoms with E-state index in [0.29, 0.717) is 64.2 Å². The summed E-state index contributed by atoms with van der Waals surface area (Å²) >= 11 is 0. The minimum atomic E-state index is -1.85. The normalized spacial score (nSPS) is 53.4. The number of rotatable bonds is 10. The Morgan fingerprint density at radius 3 is 1.78 bits per heavy atom. The monoisotopic (exact) mass is 972 g/mol. The fourth-order valence-corrected chi connectivity index (χ4v) is 14.9. The number of hydrogen-bond donors (Lipinski definition) is 12. The van der Waals surface area contributed by atoms with Gasteiger partial charge in [0.25, 0.3) is 0 Å². The van der Waals surface area contributed by atoms with Gasteiger partial charge in [0.15, 0.2) is 12.6 Å². The summed E-state index contributed by atoms with van der Waals surface area (Å²) in [4.78, 5) is 28.6. The number of esters is 1. The summed E-state index contributed by atoms with van der Waals surface area (Å²) in [5, 5.41) is 126. The standard InChI is InChI=1S/C48H76O20/c1-43(2)13-15-48(42(62)68-40-37(59)34(56)31(53)25(66-40)20-63-38-35(57)32(54)29(51)23(18-49)64-38)16-14-45(4)21(22(48)17-43)7-8-26-44(3)11-10-28(47(6,41(60)61)27(44)9-12-46(26,45)5)67-39-36(58)33(55)30(52)24(19-50)65-39/h7,22-40,49-59H,8-20H2,1-6H3,(H,60,61)/t22-,23+,24+,25+,26+,27+,28-,29+,30+,31+,32-,33-,34-,35+,36+,37+,38+,39-,40-,44+,45+,46+,47+,48-/m0/s1. The van der Waals surface area contributed by atoms with Crippen molar-refractivity contribution < 1.29 is 99.3 Å². The van der Waals surface area contributed by atoms with Gasteiger partial charge in [-0.05, 0) is 111 Å². The molecular formula is C48H76O20. The van der Waals surface area contributed by atoms with Crippen LogP contribution in [0.15, 0.2) is 11.6 Å². The molecule has 0 aromatic heterocycles. The minimum absolute atomic E-state index is 0.0197. The van der Waals surface area contributed by atoms with Crippen LogP contribution in [0, 0.1) is 50.2 Å². The predicted octanol–water partition coefficient (Wildman–Crippen LogP) is -0.795. The van der Waals surface area contributed by atoms with E-state index in [1.165, 1.54) is 0 Å². The van der Waals surface area contributed by atoms with E-state index in [4.69, 9.17) is 28.4 Å². The molecule has 4 saturated carbocycles. The first-order valence-corrected chi connectivity index (χ1v) is 24.5. The van der Waals surface area contributed by atoms with Gasteiger partial charge in [-0.3, -0.25) is 9.59 Å². The molecule has 0 amide bonds. The highest BCUT2D eigenvalue weighted by molar-refractivity contribution is 5.79. The summed E-state index contributed by atoms with van der Waals surface area (Å²) in [6, 6.07) is 0. The van der Waals surface area contributed by atoms with E-state index in [1.807, 2.05) is 0 Å². The molecule has 388 valence electrons. The van der Waals surface area contributed by atoms with Crippen LogP contribution in [0.1, 0.15) is 106 Å². The second-order valence-electron chi connectivity index (χ2n) is 23.3. The van der Waals surface area contributed by atoms with Crippen molar-refractivity contribution in [3.05, 3.63) is 11.6 Å². The molecule has 8 aliphatic rings. The molecule has 20 heteroatoms. The lowest BCUT2D eigenvalue weighted by molar-refractivity contribution is -0.329. The number of fused-ring (bicyclic) bond motifs is 7. The largest absolute Gasteiger partial charge is 0.481 e. The lowest BCUT2D eigenvalue weighted by atomic mass is 9.33. The van der Waals surface area contributed by atoms with Crippen molar-refractivity contribution in [1.82, 2.24) is 0 Å². The van der Waals surface area contributed by atoms with Crippen molar-refractivity contribution in [3.63, 3.8) is 0 Å². The molecule has 20 nitrogen and oxygen atoms in total. The van der Waals surface area contributed by atoms with E-state index in [9.17, 15) is 70.9 Å². The summed E-state index contributed by atoms with van der Waals surface area (Å²) in [5.74, 6) is -2.31. The summed E-state index contributed by atoms with van der Waals surface area (Å²) in [5.41, 5.74) is -2.77. The number of allylic oxidation sites excluding steroid dienone is 2. The first-order valence-electron chi connectivity index (χ1n) is 24.5. The third-order valence-corrected chi connectivity index (χ3v) is 19.4. The molecule has 0 bridgehead atoms. The third-order valence-electron chi connectivity index (χ3n) is 19.4. The fourth-order valence-electron chi connectivity index (χ4n) is 14.9. The van der Waals surface area contributed by atoms with E-state index in [0.717, 1.165) is 5.57 Å². The predicted molar refractivity (Wildman–Crippen MR) is 232 cm³/mol. The molecule has 0 unspecified atom stereocenters. The summed E-state index contributed by atoms with van der Waals surface area (Å²) in [6.45, 7) is 10.9. The quantitative estimate of drug-likeness (QED) is 0.0725. The maximum absolute atomic E-state index is 15.0. The van der Waals surface area contributed by atoms with Crippen LogP contribution in [0.3, 0.4) is 0 Å². The van der Waals surface area contributed by atoms with Crippen LogP contribution < -0.4 is 0 Å². The van der Waals surface area contributed by atoms with Crippen LogP contribution in [0.25, 0.3) is 0 Å². The Hall–Kier alpha value is -1.96. The number of carbonyl (C=O) groups is 2. The number of carboxylic acid groups (broad SMARTS) is 1. The highest BCUT2D eigenvalue weighted by Gasteiger charge is 2.72.